The van der Waals surface area contributed by atoms with Crippen LogP contribution in [0, 0.1) is 32.1 Å². The van der Waals surface area contributed by atoms with Gasteiger partial charge in [-0.3, -0.25) is 14.2 Å². The van der Waals surface area contributed by atoms with Crippen molar-refractivity contribution >= 4 is 5.78 Å². The molecule has 1 aromatic heterocycles. The lowest BCUT2D eigenvalue weighted by Crippen LogP contribution is -2.27. The number of benzene rings is 1. The number of carbonyl (C=O) groups excluding carboxylic acids is 1. The summed E-state index contributed by atoms with van der Waals surface area (Å²) in [5.41, 5.74) is 1.33. The Hall–Kier alpha value is -3.07. The highest BCUT2D eigenvalue weighted by Crippen LogP contribution is 2.24. The van der Waals surface area contributed by atoms with Gasteiger partial charge in [-0.25, -0.2) is 0 Å². The average Bonchev–Trinajstić information content (AvgIpc) is 2.57. The van der Waals surface area contributed by atoms with Gasteiger partial charge in [0.05, 0.1) is 5.56 Å². The molecule has 1 N–H and O–H groups in total. The summed E-state index contributed by atoms with van der Waals surface area (Å²) in [6.07, 6.45) is 0. The first-order chi connectivity index (χ1) is 11.8. The Morgan fingerprint density at radius 1 is 1.28 bits per heavy atom. The van der Waals surface area contributed by atoms with Crippen molar-refractivity contribution < 1.29 is 14.6 Å². The number of aromatic nitrogens is 1. The molecule has 2 rings (SSSR count). The smallest absolute Gasteiger partial charge is 0.271 e. The van der Waals surface area contributed by atoms with Crippen LogP contribution in [0.15, 0.2) is 23.0 Å². The van der Waals surface area contributed by atoms with Crippen molar-refractivity contribution in [1.29, 1.82) is 5.26 Å². The molecule has 0 fully saturated rings. The van der Waals surface area contributed by atoms with E-state index in [2.05, 4.69) is 0 Å². The molecule has 0 saturated heterocycles. The molecule has 0 spiro atoms. The van der Waals surface area contributed by atoms with Crippen LogP contribution in [0.25, 0.3) is 0 Å². The molecular formula is C19H20N2O4. The molecule has 0 aliphatic carbocycles. The molecule has 0 saturated carbocycles. The number of Topliss-reactive ketones (excluding diaryl/α,β-unsaturated/α-hetero) is 1. The van der Waals surface area contributed by atoms with E-state index in [1.165, 1.54) is 6.92 Å². The zero-order valence-corrected chi connectivity index (χ0v) is 14.7. The van der Waals surface area contributed by atoms with E-state index in [-0.39, 0.29) is 29.8 Å². The Balaban J connectivity index is 2.41. The molecule has 0 aliphatic rings. The van der Waals surface area contributed by atoms with Gasteiger partial charge in [-0.15, -0.1) is 0 Å². The van der Waals surface area contributed by atoms with Crippen LogP contribution in [0.4, 0.5) is 0 Å². The lowest BCUT2D eigenvalue weighted by Gasteiger charge is -2.15. The number of pyridine rings is 1. The van der Waals surface area contributed by atoms with Gasteiger partial charge >= 0.3 is 0 Å². The van der Waals surface area contributed by atoms with Crippen molar-refractivity contribution in [3.8, 4) is 17.7 Å². The zero-order valence-electron chi connectivity index (χ0n) is 14.7. The van der Waals surface area contributed by atoms with Crippen molar-refractivity contribution in [1.82, 2.24) is 4.57 Å². The molecule has 0 atom stereocenters. The van der Waals surface area contributed by atoms with Crippen LogP contribution in [0.3, 0.4) is 0 Å². The van der Waals surface area contributed by atoms with Gasteiger partial charge < -0.3 is 9.84 Å². The summed E-state index contributed by atoms with van der Waals surface area (Å²) in [5.74, 6) is -0.344. The van der Waals surface area contributed by atoms with Gasteiger partial charge in [-0.1, -0.05) is 12.1 Å². The Kier molecular flexibility index (Phi) is 5.28. The van der Waals surface area contributed by atoms with Gasteiger partial charge in [-0.2, -0.15) is 5.26 Å². The number of nitriles is 1. The summed E-state index contributed by atoms with van der Waals surface area (Å²) in [6.45, 7) is 6.81. The van der Waals surface area contributed by atoms with Gasteiger partial charge in [0.15, 0.2) is 6.61 Å². The summed E-state index contributed by atoms with van der Waals surface area (Å²) in [6, 6.07) is 7.34. The van der Waals surface area contributed by atoms with Crippen LogP contribution in [0.2, 0.25) is 0 Å². The average molecular weight is 340 g/mol. The number of carbonyl (C=O) groups is 1. The number of rotatable bonds is 5. The Morgan fingerprint density at radius 2 is 1.96 bits per heavy atom. The number of nitrogens with zero attached hydrogens (tertiary/aromatic N) is 2. The van der Waals surface area contributed by atoms with Crippen molar-refractivity contribution in [3.63, 3.8) is 0 Å². The number of ketones is 1. The molecule has 25 heavy (non-hydrogen) atoms. The number of aromatic hydroxyl groups is 1. The fourth-order valence-electron chi connectivity index (χ4n) is 2.67. The highest BCUT2D eigenvalue weighted by molar-refractivity contribution is 6.01. The maximum atomic E-state index is 12.6. The van der Waals surface area contributed by atoms with Crippen LogP contribution < -0.4 is 10.3 Å². The van der Waals surface area contributed by atoms with E-state index >= 15 is 0 Å². The largest absolute Gasteiger partial charge is 0.494 e. The fraction of sp³-hybridized carbons (Fsp3) is 0.316. The molecule has 0 bridgehead atoms. The number of hydrogen-bond donors (Lipinski definition) is 1. The molecule has 6 nitrogen and oxygen atoms in total. The van der Waals surface area contributed by atoms with E-state index in [4.69, 9.17) is 4.74 Å². The van der Waals surface area contributed by atoms with Crippen molar-refractivity contribution in [2.24, 2.45) is 0 Å². The van der Waals surface area contributed by atoms with Crippen LogP contribution in [0.1, 0.15) is 39.5 Å². The van der Waals surface area contributed by atoms with Gasteiger partial charge in [0, 0.05) is 6.54 Å². The predicted molar refractivity (Wildman–Crippen MR) is 93.2 cm³/mol. The lowest BCUT2D eigenvalue weighted by atomic mass is 10.0. The highest BCUT2D eigenvalue weighted by Gasteiger charge is 2.23. The monoisotopic (exact) mass is 340 g/mol. The van der Waals surface area contributed by atoms with E-state index in [0.29, 0.717) is 5.75 Å². The topological polar surface area (TPSA) is 92.3 Å². The first-order valence-corrected chi connectivity index (χ1v) is 7.92. The SMILES string of the molecule is CCn1c(O)c(C(=O)COc2cccc(C)c2C)c(C)c(C#N)c1=O. The Morgan fingerprint density at radius 3 is 2.56 bits per heavy atom. The van der Waals surface area contributed by atoms with E-state index in [0.717, 1.165) is 15.7 Å². The zero-order chi connectivity index (χ0) is 18.7. The normalized spacial score (nSPS) is 10.4. The van der Waals surface area contributed by atoms with Crippen molar-refractivity contribution in [2.75, 3.05) is 6.61 Å². The summed E-state index contributed by atoms with van der Waals surface area (Å²) in [4.78, 5) is 24.7. The molecular weight excluding hydrogens is 320 g/mol. The van der Waals surface area contributed by atoms with Crippen LogP contribution >= 0.6 is 0 Å². The Labute approximate surface area is 145 Å². The number of hydrogen-bond acceptors (Lipinski definition) is 5. The highest BCUT2D eigenvalue weighted by atomic mass is 16.5. The molecule has 1 heterocycles. The molecule has 6 heteroatoms. The first-order valence-electron chi connectivity index (χ1n) is 7.92. The van der Waals surface area contributed by atoms with Gasteiger partial charge in [0.25, 0.3) is 5.56 Å². The van der Waals surface area contributed by atoms with E-state index < -0.39 is 17.2 Å². The second-order valence-electron chi connectivity index (χ2n) is 5.77. The minimum atomic E-state index is -0.605. The molecule has 130 valence electrons. The summed E-state index contributed by atoms with van der Waals surface area (Å²) < 4.78 is 6.60. The first kappa shape index (κ1) is 18.3. The quantitative estimate of drug-likeness (QED) is 0.845. The molecule has 0 aliphatic heterocycles. The lowest BCUT2D eigenvalue weighted by molar-refractivity contribution is 0.0916. The molecule has 1 aromatic carbocycles. The Bertz CT molecular complexity index is 936. The van der Waals surface area contributed by atoms with Crippen LogP contribution in [0.5, 0.6) is 11.6 Å². The third kappa shape index (κ3) is 3.26. The maximum absolute atomic E-state index is 12.6. The third-order valence-electron chi connectivity index (χ3n) is 4.31. The molecule has 2 aromatic rings. The summed E-state index contributed by atoms with van der Waals surface area (Å²) >= 11 is 0. The summed E-state index contributed by atoms with van der Waals surface area (Å²) in [7, 11) is 0. The minimum absolute atomic E-state index is 0.0525. The van der Waals surface area contributed by atoms with Crippen molar-refractivity contribution in [3.05, 3.63) is 56.4 Å². The van der Waals surface area contributed by atoms with Crippen molar-refractivity contribution in [2.45, 2.75) is 34.2 Å². The predicted octanol–water partition coefficient (Wildman–Crippen LogP) is 2.63. The minimum Gasteiger partial charge on any atom is -0.494 e. The number of aryl methyl sites for hydroxylation is 1. The van der Waals surface area contributed by atoms with Crippen LogP contribution in [-0.2, 0) is 6.54 Å². The van der Waals surface area contributed by atoms with Gasteiger partial charge in [0.2, 0.25) is 11.7 Å². The van der Waals surface area contributed by atoms with E-state index in [1.807, 2.05) is 32.0 Å². The van der Waals surface area contributed by atoms with E-state index in [1.54, 1.807) is 13.0 Å². The number of ether oxygens (including phenoxy) is 1. The second kappa shape index (κ2) is 7.22. The molecule has 0 radical (unpaired) electrons. The standard InChI is InChI=1S/C19H20N2O4/c1-5-21-18(23)14(9-20)13(4)17(19(21)24)15(22)10-25-16-8-6-7-11(2)12(16)3/h6-8,24H,5,10H2,1-4H3. The fourth-order valence-corrected chi connectivity index (χ4v) is 2.67. The molecule has 0 amide bonds. The molecule has 0 unspecified atom stereocenters. The van der Waals surface area contributed by atoms with Gasteiger partial charge in [0.1, 0.15) is 17.4 Å². The van der Waals surface area contributed by atoms with Gasteiger partial charge in [-0.05, 0) is 50.5 Å². The van der Waals surface area contributed by atoms with Crippen LogP contribution in [-0.4, -0.2) is 22.1 Å². The second-order valence-corrected chi connectivity index (χ2v) is 5.77. The third-order valence-corrected chi connectivity index (χ3v) is 4.31. The summed E-state index contributed by atoms with van der Waals surface area (Å²) in [5, 5.41) is 19.5. The maximum Gasteiger partial charge on any atom is 0.271 e. The van der Waals surface area contributed by atoms with E-state index in [9.17, 15) is 20.0 Å².